The molecule has 0 atom stereocenters. The molecule has 0 bridgehead atoms. The lowest BCUT2D eigenvalue weighted by molar-refractivity contribution is 0.100. The summed E-state index contributed by atoms with van der Waals surface area (Å²) < 4.78 is 0. The fourth-order valence-electron chi connectivity index (χ4n) is 2.28. The van der Waals surface area contributed by atoms with Crippen LogP contribution in [0.3, 0.4) is 0 Å². The number of aromatic nitrogens is 1. The Kier molecular flexibility index (Phi) is 2.84. The zero-order valence-corrected chi connectivity index (χ0v) is 10.6. The minimum Gasteiger partial charge on any atom is -0.506 e. The van der Waals surface area contributed by atoms with E-state index in [9.17, 15) is 9.90 Å². The first-order valence-electron chi connectivity index (χ1n) is 6.14. The fraction of sp³-hybridized carbons (Fsp3) is 0. The molecule has 4 heteroatoms. The molecule has 0 aliphatic carbocycles. The molecule has 1 amide bonds. The van der Waals surface area contributed by atoms with E-state index >= 15 is 0 Å². The molecule has 0 aliphatic rings. The van der Waals surface area contributed by atoms with Crippen LogP contribution < -0.4 is 5.73 Å². The van der Waals surface area contributed by atoms with Crippen molar-refractivity contribution in [1.29, 1.82) is 0 Å². The predicted molar refractivity (Wildman–Crippen MR) is 77.4 cm³/mol. The molecule has 98 valence electrons. The Morgan fingerprint density at radius 3 is 2.70 bits per heavy atom. The minimum absolute atomic E-state index is 0.0809. The van der Waals surface area contributed by atoms with Crippen molar-refractivity contribution in [3.8, 4) is 16.9 Å². The summed E-state index contributed by atoms with van der Waals surface area (Å²) in [7, 11) is 0. The highest BCUT2D eigenvalue weighted by Crippen LogP contribution is 2.31. The van der Waals surface area contributed by atoms with Crippen molar-refractivity contribution in [2.24, 2.45) is 5.73 Å². The number of phenols is 1. The zero-order chi connectivity index (χ0) is 14.1. The third kappa shape index (κ3) is 1.97. The predicted octanol–water partition coefficient (Wildman–Crippen LogP) is 2.71. The van der Waals surface area contributed by atoms with E-state index in [4.69, 9.17) is 5.73 Å². The molecule has 20 heavy (non-hydrogen) atoms. The van der Waals surface area contributed by atoms with Crippen molar-refractivity contribution >= 4 is 16.8 Å². The quantitative estimate of drug-likeness (QED) is 0.747. The second kappa shape index (κ2) is 4.66. The first-order valence-corrected chi connectivity index (χ1v) is 6.14. The second-order valence-corrected chi connectivity index (χ2v) is 4.48. The van der Waals surface area contributed by atoms with E-state index in [1.165, 1.54) is 0 Å². The van der Waals surface area contributed by atoms with Crippen molar-refractivity contribution in [3.05, 3.63) is 60.3 Å². The Labute approximate surface area is 115 Å². The van der Waals surface area contributed by atoms with Crippen molar-refractivity contribution in [2.75, 3.05) is 0 Å². The van der Waals surface area contributed by atoms with Crippen LogP contribution >= 0.6 is 0 Å². The third-order valence-electron chi connectivity index (χ3n) is 3.19. The maximum atomic E-state index is 11.5. The van der Waals surface area contributed by atoms with Gasteiger partial charge in [-0.2, -0.15) is 0 Å². The Morgan fingerprint density at radius 1 is 1.10 bits per heavy atom. The molecule has 0 saturated carbocycles. The van der Waals surface area contributed by atoms with Gasteiger partial charge in [0.15, 0.2) is 0 Å². The first-order chi connectivity index (χ1) is 9.66. The lowest BCUT2D eigenvalue weighted by Gasteiger charge is -2.09. The van der Waals surface area contributed by atoms with E-state index < -0.39 is 5.91 Å². The highest BCUT2D eigenvalue weighted by molar-refractivity contribution is 6.01. The van der Waals surface area contributed by atoms with Crippen molar-refractivity contribution in [2.45, 2.75) is 0 Å². The highest BCUT2D eigenvalue weighted by atomic mass is 16.3. The van der Waals surface area contributed by atoms with Gasteiger partial charge in [0, 0.05) is 17.1 Å². The summed E-state index contributed by atoms with van der Waals surface area (Å²) in [4.78, 5) is 15.6. The monoisotopic (exact) mass is 264 g/mol. The SMILES string of the molecule is NC(=O)c1ccccc1-c1cc(O)c2ncccc2c1. The number of phenolic OH excluding ortho intramolecular Hbond substituents is 1. The number of hydrogen-bond acceptors (Lipinski definition) is 3. The third-order valence-corrected chi connectivity index (χ3v) is 3.19. The number of carbonyl (C=O) groups excluding carboxylic acids is 1. The molecule has 3 rings (SSSR count). The van der Waals surface area contributed by atoms with Gasteiger partial charge in [0.1, 0.15) is 11.3 Å². The largest absolute Gasteiger partial charge is 0.506 e. The van der Waals surface area contributed by atoms with Crippen LogP contribution in [-0.4, -0.2) is 16.0 Å². The number of amides is 1. The Morgan fingerprint density at radius 2 is 1.90 bits per heavy atom. The average Bonchev–Trinajstić information content (AvgIpc) is 2.47. The molecule has 2 aromatic carbocycles. The van der Waals surface area contributed by atoms with Gasteiger partial charge in [-0.15, -0.1) is 0 Å². The van der Waals surface area contributed by atoms with Gasteiger partial charge in [0.25, 0.3) is 0 Å². The molecule has 0 saturated heterocycles. The molecular weight excluding hydrogens is 252 g/mol. The van der Waals surface area contributed by atoms with Crippen molar-refractivity contribution < 1.29 is 9.90 Å². The molecule has 0 unspecified atom stereocenters. The van der Waals surface area contributed by atoms with Crippen LogP contribution in [-0.2, 0) is 0 Å². The maximum Gasteiger partial charge on any atom is 0.249 e. The van der Waals surface area contributed by atoms with Crippen LogP contribution in [0.15, 0.2) is 54.7 Å². The molecule has 4 nitrogen and oxygen atoms in total. The lowest BCUT2D eigenvalue weighted by Crippen LogP contribution is -2.12. The van der Waals surface area contributed by atoms with E-state index in [2.05, 4.69) is 4.98 Å². The minimum atomic E-state index is -0.494. The van der Waals surface area contributed by atoms with Crippen LogP contribution in [0.4, 0.5) is 0 Å². The lowest BCUT2D eigenvalue weighted by atomic mass is 9.97. The van der Waals surface area contributed by atoms with Gasteiger partial charge in [-0.3, -0.25) is 9.78 Å². The number of nitrogens with zero attached hydrogens (tertiary/aromatic N) is 1. The summed E-state index contributed by atoms with van der Waals surface area (Å²) in [6, 6.07) is 14.2. The summed E-state index contributed by atoms with van der Waals surface area (Å²) in [6.45, 7) is 0. The molecule has 0 fully saturated rings. The number of nitrogens with two attached hydrogens (primary N) is 1. The normalized spacial score (nSPS) is 10.6. The van der Waals surface area contributed by atoms with Crippen LogP contribution in [0.5, 0.6) is 5.75 Å². The number of pyridine rings is 1. The Bertz CT molecular complexity index is 812. The highest BCUT2D eigenvalue weighted by Gasteiger charge is 2.11. The standard InChI is InChI=1S/C16H12N2O2/c17-16(20)13-6-2-1-5-12(13)11-8-10-4-3-7-18-15(10)14(19)9-11/h1-9,19H,(H2,17,20). The molecule has 1 aromatic heterocycles. The molecular formula is C16H12N2O2. The van der Waals surface area contributed by atoms with Crippen LogP contribution in [0.1, 0.15) is 10.4 Å². The Balaban J connectivity index is 2.28. The van der Waals surface area contributed by atoms with Gasteiger partial charge >= 0.3 is 0 Å². The molecule has 3 N–H and O–H groups in total. The van der Waals surface area contributed by atoms with E-state index in [1.54, 1.807) is 36.5 Å². The van der Waals surface area contributed by atoms with Crippen LogP contribution in [0.25, 0.3) is 22.0 Å². The summed E-state index contributed by atoms with van der Waals surface area (Å²) in [5, 5.41) is 10.9. The summed E-state index contributed by atoms with van der Waals surface area (Å²) in [6.07, 6.45) is 1.62. The number of carbonyl (C=O) groups is 1. The van der Waals surface area contributed by atoms with E-state index in [0.717, 1.165) is 10.9 Å². The van der Waals surface area contributed by atoms with E-state index in [0.29, 0.717) is 16.6 Å². The maximum absolute atomic E-state index is 11.5. The van der Waals surface area contributed by atoms with Crippen molar-refractivity contribution in [1.82, 2.24) is 4.98 Å². The molecule has 0 radical (unpaired) electrons. The zero-order valence-electron chi connectivity index (χ0n) is 10.6. The molecule has 0 spiro atoms. The van der Waals surface area contributed by atoms with Gasteiger partial charge in [-0.25, -0.2) is 0 Å². The number of benzene rings is 2. The first kappa shape index (κ1) is 12.2. The summed E-state index contributed by atoms with van der Waals surface area (Å²) in [5.41, 5.74) is 7.78. The number of fused-ring (bicyclic) bond motifs is 1. The Hall–Kier alpha value is -2.88. The van der Waals surface area contributed by atoms with E-state index in [1.807, 2.05) is 18.2 Å². The number of primary amides is 1. The van der Waals surface area contributed by atoms with Gasteiger partial charge in [0.05, 0.1) is 0 Å². The molecule has 1 heterocycles. The van der Waals surface area contributed by atoms with Crippen molar-refractivity contribution in [3.63, 3.8) is 0 Å². The fourth-order valence-corrected chi connectivity index (χ4v) is 2.28. The average molecular weight is 264 g/mol. The number of hydrogen-bond donors (Lipinski definition) is 2. The van der Waals surface area contributed by atoms with Crippen LogP contribution in [0, 0.1) is 0 Å². The number of aromatic hydroxyl groups is 1. The van der Waals surface area contributed by atoms with E-state index in [-0.39, 0.29) is 5.75 Å². The molecule has 3 aromatic rings. The summed E-state index contributed by atoms with van der Waals surface area (Å²) >= 11 is 0. The number of rotatable bonds is 2. The van der Waals surface area contributed by atoms with Gasteiger partial charge in [0.2, 0.25) is 5.91 Å². The van der Waals surface area contributed by atoms with Gasteiger partial charge in [-0.1, -0.05) is 24.3 Å². The van der Waals surface area contributed by atoms with Gasteiger partial charge in [-0.05, 0) is 35.4 Å². The molecule has 0 aliphatic heterocycles. The summed E-state index contributed by atoms with van der Waals surface area (Å²) in [5.74, 6) is -0.413. The smallest absolute Gasteiger partial charge is 0.249 e. The van der Waals surface area contributed by atoms with Crippen LogP contribution in [0.2, 0.25) is 0 Å². The topological polar surface area (TPSA) is 76.2 Å². The second-order valence-electron chi connectivity index (χ2n) is 4.48. The van der Waals surface area contributed by atoms with Gasteiger partial charge < -0.3 is 10.8 Å².